The van der Waals surface area contributed by atoms with Crippen molar-refractivity contribution in [2.75, 3.05) is 59.1 Å². The second-order valence-electron chi connectivity index (χ2n) is 19.1. The molecule has 0 aromatic carbocycles. The molecule has 0 rings (SSSR count). The zero-order valence-electron chi connectivity index (χ0n) is 47.3. The highest BCUT2D eigenvalue weighted by molar-refractivity contribution is 7.90. The predicted molar refractivity (Wildman–Crippen MR) is 225 cm³/mol. The fraction of sp³-hybridized carbons (Fsp3) is 1.00. The largest absolute Gasteiger partial charge is 0.460 e. The van der Waals surface area contributed by atoms with Crippen molar-refractivity contribution in [3.8, 4) is 0 Å². The average molecular weight is 1740 g/mol. The third-order valence-electron chi connectivity index (χ3n) is 12.7. The number of likely N-dealkylation sites (N-methyl/N-ethyl adjacent to an activating group) is 3. The van der Waals surface area contributed by atoms with E-state index in [-0.39, 0.29) is 20.8 Å². The minimum absolute atomic E-state index is 0.158. The average Bonchev–Trinajstić information content (AvgIpc) is 0.700. The third kappa shape index (κ3) is 14.2. The summed E-state index contributed by atoms with van der Waals surface area (Å²) in [5, 5.41) is -25.6. The molecule has 0 aliphatic heterocycles. The molecule has 0 heterocycles. The SMILES string of the molecule is CCN(CCOP(OCCN(CC)S(=O)(=O)C(F)(F)C(F)(F)C(F)(F)C(F)(F)C(F)(F)C(F)(F)C(F)(F)C(F)(F)F)OCCN(CC)S(=O)(=O)C(F)(F)C(F)(F)C(F)(F)C(F)(F)C(F)(F)C(F)(F)C(F)(F)C(F)(F)F)S(=O)(=O)C(F)(F)C(F)(F)C(F)(F)C(F)(F)C(F)(F)C(F)(F)C(F)(F)C(F)(F)F. The van der Waals surface area contributed by atoms with Crippen molar-refractivity contribution >= 4 is 38.7 Å². The minimum atomic E-state index is -9.54. The fourth-order valence-corrected chi connectivity index (χ4v) is 11.7. The molecule has 67 heteroatoms. The second kappa shape index (κ2) is 28.1. The van der Waals surface area contributed by atoms with Crippen LogP contribution in [0.1, 0.15) is 20.8 Å². The molecule has 0 aromatic heterocycles. The van der Waals surface area contributed by atoms with Crippen molar-refractivity contribution in [1.82, 2.24) is 12.9 Å². The molecule has 0 saturated heterocycles. The van der Waals surface area contributed by atoms with Crippen molar-refractivity contribution in [1.29, 1.82) is 0 Å². The van der Waals surface area contributed by atoms with Gasteiger partial charge in [0.15, 0.2) is 0 Å². The van der Waals surface area contributed by atoms with Gasteiger partial charge in [0.1, 0.15) is 0 Å². The summed E-state index contributed by atoms with van der Waals surface area (Å²) >= 11 is 0. The van der Waals surface area contributed by atoms with Crippen LogP contribution in [0.2, 0.25) is 0 Å². The lowest BCUT2D eigenvalue weighted by Gasteiger charge is -2.43. The monoisotopic (exact) mass is 1740 g/mol. The van der Waals surface area contributed by atoms with Gasteiger partial charge in [-0.2, -0.15) is 237 Å². The molecule has 0 unspecified atom stereocenters. The quantitative estimate of drug-likeness (QED) is 0.0435. The van der Waals surface area contributed by atoms with Gasteiger partial charge in [0.05, 0.1) is 19.8 Å². The number of sulfonamides is 3. The standard InChI is InChI=1S/C36H27F51N3O9PS3/c1-4-88(101(91,92)34(82,83)28(67,68)22(55,56)16(43,44)13(37,38)19(49,50)25(61,62)31(73,74)75)7-10-97-100(98-11-8-89(5-2)102(93,94)35(84,85)29(69,70)23(57,58)17(45,46)14(39,40)20(51,52)26(63,64)32(76,77)78)99-12-9-90(6-3)103(95,96)36(86,87)30(71,72)24(59,60)18(47,48)15(41,42)21(53,54)27(65,66)33(79,80)81/h4-12H2,1-3H3. The van der Waals surface area contributed by atoms with Crippen LogP contribution in [0.4, 0.5) is 224 Å². The molecule has 0 spiro atoms. The van der Waals surface area contributed by atoms with Crippen molar-refractivity contribution in [3.05, 3.63) is 0 Å². The summed E-state index contributed by atoms with van der Waals surface area (Å²) in [5.41, 5.74) is 0. The Hall–Kier alpha value is -3.53. The molecule has 0 fully saturated rings. The lowest BCUT2D eigenvalue weighted by Crippen LogP contribution is -2.75. The van der Waals surface area contributed by atoms with E-state index in [9.17, 15) is 223 Å². The Kier molecular flexibility index (Phi) is 27.1. The summed E-state index contributed by atoms with van der Waals surface area (Å²) in [7, 11) is -30.5. The highest BCUT2D eigenvalue weighted by Gasteiger charge is 3.00. The predicted octanol–water partition coefficient (Wildman–Crippen LogP) is 16.1. The van der Waals surface area contributed by atoms with Crippen LogP contribution in [0.3, 0.4) is 0 Å². The minimum Gasteiger partial charge on any atom is -0.311 e. The lowest BCUT2D eigenvalue weighted by molar-refractivity contribution is -0.458. The van der Waals surface area contributed by atoms with Crippen LogP contribution in [0.25, 0.3) is 0 Å². The molecule has 0 aliphatic carbocycles. The molecule has 0 radical (unpaired) electrons. The number of alkyl halides is 51. The number of nitrogens with zero attached hydrogens (tertiary/aromatic N) is 3. The van der Waals surface area contributed by atoms with Gasteiger partial charge in [-0.25, -0.2) is 25.3 Å². The molecule has 0 amide bonds. The molecule has 0 aliphatic rings. The van der Waals surface area contributed by atoms with Crippen molar-refractivity contribution < 1.29 is 263 Å². The Morgan fingerprint density at radius 1 is 0.214 bits per heavy atom. The summed E-state index contributed by atoms with van der Waals surface area (Å²) < 4.78 is 792. The maximum absolute atomic E-state index is 15.0. The van der Waals surface area contributed by atoms with E-state index >= 15 is 26.3 Å². The lowest BCUT2D eigenvalue weighted by atomic mass is 9.91. The van der Waals surface area contributed by atoms with Crippen LogP contribution in [-0.2, 0) is 43.6 Å². The zero-order valence-corrected chi connectivity index (χ0v) is 50.7. The van der Waals surface area contributed by atoms with Crippen molar-refractivity contribution in [3.63, 3.8) is 0 Å². The highest BCUT2D eigenvalue weighted by Crippen LogP contribution is 2.69. The van der Waals surface area contributed by atoms with E-state index in [1.807, 2.05) is 0 Å². The van der Waals surface area contributed by atoms with E-state index in [1.54, 1.807) is 0 Å². The summed E-state index contributed by atoms with van der Waals surface area (Å²) in [6.07, 6.45) is -25.0. The molecule has 12 nitrogen and oxygen atoms in total. The zero-order chi connectivity index (χ0) is 84.3. The van der Waals surface area contributed by atoms with Gasteiger partial charge < -0.3 is 13.6 Å². The van der Waals surface area contributed by atoms with Crippen LogP contribution in [0, 0.1) is 0 Å². The van der Waals surface area contributed by atoms with Gasteiger partial charge in [-0.15, -0.1) is 0 Å². The van der Waals surface area contributed by atoms with Gasteiger partial charge in [0.2, 0.25) is 0 Å². The first kappa shape index (κ1) is 99.5. The maximum atomic E-state index is 15.0. The van der Waals surface area contributed by atoms with E-state index in [4.69, 9.17) is 0 Å². The van der Waals surface area contributed by atoms with Gasteiger partial charge in [-0.3, -0.25) is 0 Å². The topological polar surface area (TPSA) is 140 Å². The number of hydrogen-bond donors (Lipinski definition) is 0. The van der Waals surface area contributed by atoms with E-state index in [1.165, 1.54) is 0 Å². The maximum Gasteiger partial charge on any atom is 0.460 e. The van der Waals surface area contributed by atoms with Gasteiger partial charge in [-0.05, 0) is 0 Å². The normalized spacial score (nSPS) is 16.7. The van der Waals surface area contributed by atoms with Crippen LogP contribution in [-0.4, -0.2) is 238 Å². The summed E-state index contributed by atoms with van der Waals surface area (Å²) in [6.45, 7) is -23.7. The first-order valence-electron chi connectivity index (χ1n) is 24.0. The number of hydrogen-bond acceptors (Lipinski definition) is 9. The number of rotatable bonds is 39. The molecule has 103 heavy (non-hydrogen) atoms. The van der Waals surface area contributed by atoms with Crippen LogP contribution >= 0.6 is 8.60 Å². The van der Waals surface area contributed by atoms with Gasteiger partial charge in [-0.1, -0.05) is 20.8 Å². The molecular formula is C36H27F51N3O9PS3. The van der Waals surface area contributed by atoms with Gasteiger partial charge in [0, 0.05) is 39.3 Å². The fourth-order valence-electron chi connectivity index (χ4n) is 6.53. The molecular weight excluding hydrogens is 1710 g/mol. The second-order valence-corrected chi connectivity index (χ2v) is 26.3. The summed E-state index contributed by atoms with van der Waals surface area (Å²) in [6, 6.07) is 0. The molecule has 0 atom stereocenters. The third-order valence-corrected chi connectivity index (χ3v) is 20.0. The van der Waals surface area contributed by atoms with Crippen LogP contribution in [0.5, 0.6) is 0 Å². The van der Waals surface area contributed by atoms with Crippen molar-refractivity contribution in [2.24, 2.45) is 0 Å². The van der Waals surface area contributed by atoms with Crippen molar-refractivity contribution in [2.45, 2.75) is 162 Å². The van der Waals surface area contributed by atoms with E-state index in [2.05, 4.69) is 13.6 Å². The highest BCUT2D eigenvalue weighted by atomic mass is 32.2. The van der Waals surface area contributed by atoms with E-state index in [0.29, 0.717) is 0 Å². The van der Waals surface area contributed by atoms with Crippen LogP contribution < -0.4 is 0 Å². The number of halogens is 51. The van der Waals surface area contributed by atoms with E-state index < -0.39 is 252 Å². The molecule has 0 bridgehead atoms. The molecule has 0 aromatic rings. The molecule has 620 valence electrons. The van der Waals surface area contributed by atoms with Gasteiger partial charge >= 0.3 is 150 Å². The van der Waals surface area contributed by atoms with Crippen LogP contribution in [0.15, 0.2) is 0 Å². The first-order valence-corrected chi connectivity index (χ1v) is 29.4. The molecule has 0 N–H and O–H groups in total. The first-order chi connectivity index (χ1) is 44.2. The Labute approximate surface area is 535 Å². The Morgan fingerprint density at radius 2 is 0.330 bits per heavy atom. The van der Waals surface area contributed by atoms with E-state index in [0.717, 1.165) is 0 Å². The Balaban J connectivity index is 8.15. The molecule has 0 saturated carbocycles. The Morgan fingerprint density at radius 3 is 0.447 bits per heavy atom. The smallest absolute Gasteiger partial charge is 0.311 e. The summed E-state index contributed by atoms with van der Waals surface area (Å²) in [4.78, 5) is 0. The Bertz CT molecular complexity index is 2940. The van der Waals surface area contributed by atoms with Gasteiger partial charge in [0.25, 0.3) is 30.1 Å². The summed E-state index contributed by atoms with van der Waals surface area (Å²) in [5.74, 6) is -167.